The molecule has 0 fully saturated rings. The van der Waals surface area contributed by atoms with E-state index in [1.807, 2.05) is 0 Å². The summed E-state index contributed by atoms with van der Waals surface area (Å²) in [5.74, 6) is 0.267. The third-order valence-electron chi connectivity index (χ3n) is 2.54. The predicted octanol–water partition coefficient (Wildman–Crippen LogP) is 3.69. The van der Waals surface area contributed by atoms with Gasteiger partial charge in [-0.15, -0.1) is 0 Å². The van der Waals surface area contributed by atoms with Crippen molar-refractivity contribution >= 4 is 28.8 Å². The van der Waals surface area contributed by atoms with E-state index in [2.05, 4.69) is 0 Å². The van der Waals surface area contributed by atoms with Crippen molar-refractivity contribution in [3.63, 3.8) is 0 Å². The first kappa shape index (κ1) is 13.8. The second kappa shape index (κ2) is 5.99. The second-order valence-electron chi connectivity index (χ2n) is 3.91. The van der Waals surface area contributed by atoms with Gasteiger partial charge in [0.05, 0.1) is 0 Å². The molecular formula is C14H11ClFNOS. The molecule has 0 aliphatic carbocycles. The molecule has 0 spiro atoms. The fourth-order valence-electron chi connectivity index (χ4n) is 1.53. The number of thiocarbonyl (C=S) groups is 1. The van der Waals surface area contributed by atoms with Gasteiger partial charge in [-0.3, -0.25) is 0 Å². The van der Waals surface area contributed by atoms with Crippen molar-refractivity contribution in [3.8, 4) is 5.75 Å². The van der Waals surface area contributed by atoms with Gasteiger partial charge in [0.15, 0.2) is 0 Å². The van der Waals surface area contributed by atoms with Gasteiger partial charge in [-0.05, 0) is 42.5 Å². The minimum Gasteiger partial charge on any atom is -0.489 e. The van der Waals surface area contributed by atoms with Crippen LogP contribution in [0.3, 0.4) is 0 Å². The lowest BCUT2D eigenvalue weighted by molar-refractivity contribution is 0.300. The van der Waals surface area contributed by atoms with Crippen LogP contribution in [0.5, 0.6) is 5.75 Å². The summed E-state index contributed by atoms with van der Waals surface area (Å²) in [7, 11) is 0. The minimum atomic E-state index is -0.343. The minimum absolute atomic E-state index is 0.110. The van der Waals surface area contributed by atoms with Crippen LogP contribution in [-0.4, -0.2) is 4.99 Å². The molecule has 0 unspecified atom stereocenters. The molecule has 2 nitrogen and oxygen atoms in total. The molecule has 0 amide bonds. The van der Waals surface area contributed by atoms with Crippen LogP contribution in [-0.2, 0) is 6.61 Å². The number of halogens is 2. The summed E-state index contributed by atoms with van der Waals surface area (Å²) in [6.07, 6.45) is 0. The van der Waals surface area contributed by atoms with Crippen LogP contribution < -0.4 is 10.5 Å². The lowest BCUT2D eigenvalue weighted by atomic mass is 10.2. The Hall–Kier alpha value is -1.65. The Kier molecular flexibility index (Phi) is 4.35. The zero-order valence-corrected chi connectivity index (χ0v) is 11.5. The van der Waals surface area contributed by atoms with Gasteiger partial charge in [0.2, 0.25) is 0 Å². The Morgan fingerprint density at radius 2 is 1.89 bits per heavy atom. The van der Waals surface area contributed by atoms with Crippen molar-refractivity contribution in [3.05, 3.63) is 64.4 Å². The van der Waals surface area contributed by atoms with E-state index in [0.717, 1.165) is 5.56 Å². The molecule has 5 heteroatoms. The van der Waals surface area contributed by atoms with Gasteiger partial charge >= 0.3 is 0 Å². The summed E-state index contributed by atoms with van der Waals surface area (Å²) in [4.78, 5) is 0.326. The maximum absolute atomic E-state index is 13.5. The van der Waals surface area contributed by atoms with Crippen LogP contribution in [0.15, 0.2) is 42.5 Å². The number of ether oxygens (including phenoxy) is 1. The van der Waals surface area contributed by atoms with Gasteiger partial charge in [-0.2, -0.15) is 0 Å². The highest BCUT2D eigenvalue weighted by Crippen LogP contribution is 2.18. The van der Waals surface area contributed by atoms with Crippen molar-refractivity contribution in [2.75, 3.05) is 0 Å². The van der Waals surface area contributed by atoms with Crippen LogP contribution in [0, 0.1) is 5.82 Å². The van der Waals surface area contributed by atoms with Crippen LogP contribution >= 0.6 is 23.8 Å². The molecule has 0 atom stereocenters. The molecule has 98 valence electrons. The van der Waals surface area contributed by atoms with E-state index in [4.69, 9.17) is 34.3 Å². The number of nitrogens with two attached hydrogens (primary N) is 1. The Labute approximate surface area is 120 Å². The first-order chi connectivity index (χ1) is 9.06. The summed E-state index contributed by atoms with van der Waals surface area (Å²) in [5.41, 5.74) is 6.66. The lowest BCUT2D eigenvalue weighted by Crippen LogP contribution is -2.08. The molecule has 0 aliphatic rings. The summed E-state index contributed by atoms with van der Waals surface area (Å²) < 4.78 is 18.9. The van der Waals surface area contributed by atoms with E-state index in [-0.39, 0.29) is 12.4 Å². The monoisotopic (exact) mass is 295 g/mol. The van der Waals surface area contributed by atoms with Crippen molar-refractivity contribution in [1.82, 2.24) is 0 Å². The van der Waals surface area contributed by atoms with E-state index in [1.54, 1.807) is 30.3 Å². The molecule has 0 aromatic heterocycles. The number of benzene rings is 2. The highest BCUT2D eigenvalue weighted by atomic mass is 35.5. The second-order valence-corrected chi connectivity index (χ2v) is 4.79. The SMILES string of the molecule is NC(=S)c1ccc(OCc2cc(Cl)ccc2F)cc1. The van der Waals surface area contributed by atoms with Crippen LogP contribution in [0.1, 0.15) is 11.1 Å². The van der Waals surface area contributed by atoms with Crippen LogP contribution in [0.2, 0.25) is 5.02 Å². The van der Waals surface area contributed by atoms with Gasteiger partial charge in [-0.25, -0.2) is 4.39 Å². The highest BCUT2D eigenvalue weighted by Gasteiger charge is 2.04. The van der Waals surface area contributed by atoms with Crippen molar-refractivity contribution in [2.24, 2.45) is 5.73 Å². The molecule has 0 saturated carbocycles. The molecule has 0 saturated heterocycles. The third kappa shape index (κ3) is 3.66. The third-order valence-corrected chi connectivity index (χ3v) is 3.01. The van der Waals surface area contributed by atoms with Gasteiger partial charge in [-0.1, -0.05) is 23.8 Å². The molecular weight excluding hydrogens is 285 g/mol. The standard InChI is InChI=1S/C14H11ClFNOS/c15-11-3-6-13(16)10(7-11)8-18-12-4-1-9(2-5-12)14(17)19/h1-7H,8H2,(H2,17,19). The van der Waals surface area contributed by atoms with E-state index in [0.29, 0.717) is 21.3 Å². The molecule has 2 aromatic carbocycles. The molecule has 19 heavy (non-hydrogen) atoms. The Bertz CT molecular complexity index is 601. The smallest absolute Gasteiger partial charge is 0.129 e. The molecule has 2 aromatic rings. The largest absolute Gasteiger partial charge is 0.489 e. The quantitative estimate of drug-likeness (QED) is 0.874. The average Bonchev–Trinajstić information content (AvgIpc) is 2.40. The average molecular weight is 296 g/mol. The molecule has 0 heterocycles. The van der Waals surface area contributed by atoms with Crippen LogP contribution in [0.25, 0.3) is 0 Å². The van der Waals surface area contributed by atoms with Crippen molar-refractivity contribution < 1.29 is 9.13 Å². The van der Waals surface area contributed by atoms with E-state index >= 15 is 0 Å². The fourth-order valence-corrected chi connectivity index (χ4v) is 1.86. The van der Waals surface area contributed by atoms with Crippen molar-refractivity contribution in [2.45, 2.75) is 6.61 Å². The highest BCUT2D eigenvalue weighted by molar-refractivity contribution is 7.80. The van der Waals surface area contributed by atoms with E-state index < -0.39 is 0 Å². The molecule has 0 radical (unpaired) electrons. The van der Waals surface area contributed by atoms with Gasteiger partial charge < -0.3 is 10.5 Å². The lowest BCUT2D eigenvalue weighted by Gasteiger charge is -2.08. The normalized spacial score (nSPS) is 10.2. The Morgan fingerprint density at radius 3 is 2.53 bits per heavy atom. The van der Waals surface area contributed by atoms with E-state index in [9.17, 15) is 4.39 Å². The summed E-state index contributed by atoms with van der Waals surface area (Å²) >= 11 is 10.7. The summed E-state index contributed by atoms with van der Waals surface area (Å²) in [5, 5.41) is 0.476. The number of hydrogen-bond donors (Lipinski definition) is 1. The number of hydrogen-bond acceptors (Lipinski definition) is 2. The fraction of sp³-hybridized carbons (Fsp3) is 0.0714. The first-order valence-corrected chi connectivity index (χ1v) is 6.31. The van der Waals surface area contributed by atoms with Gasteiger partial charge in [0, 0.05) is 16.1 Å². The zero-order chi connectivity index (χ0) is 13.8. The summed E-state index contributed by atoms with van der Waals surface area (Å²) in [6, 6.07) is 11.3. The number of rotatable bonds is 4. The van der Waals surface area contributed by atoms with Gasteiger partial charge in [0.1, 0.15) is 23.2 Å². The Morgan fingerprint density at radius 1 is 1.21 bits per heavy atom. The Balaban J connectivity index is 2.06. The maximum atomic E-state index is 13.5. The topological polar surface area (TPSA) is 35.2 Å². The molecule has 2 rings (SSSR count). The molecule has 0 aliphatic heterocycles. The summed E-state index contributed by atoms with van der Waals surface area (Å²) in [6.45, 7) is 0.110. The van der Waals surface area contributed by atoms with Crippen molar-refractivity contribution in [1.29, 1.82) is 0 Å². The van der Waals surface area contributed by atoms with Crippen LogP contribution in [0.4, 0.5) is 4.39 Å². The zero-order valence-electron chi connectivity index (χ0n) is 9.90. The van der Waals surface area contributed by atoms with E-state index in [1.165, 1.54) is 12.1 Å². The van der Waals surface area contributed by atoms with Gasteiger partial charge in [0.25, 0.3) is 0 Å². The molecule has 2 N–H and O–H groups in total. The first-order valence-electron chi connectivity index (χ1n) is 5.53. The molecule has 0 bridgehead atoms. The maximum Gasteiger partial charge on any atom is 0.129 e. The predicted molar refractivity (Wildman–Crippen MR) is 78.1 cm³/mol.